The Morgan fingerprint density at radius 3 is 2.72 bits per heavy atom. The molecule has 3 aromatic rings. The van der Waals surface area contributed by atoms with Gasteiger partial charge in [0.2, 0.25) is 0 Å². The Kier molecular flexibility index (Phi) is 4.34. The van der Waals surface area contributed by atoms with Gasteiger partial charge >= 0.3 is 0 Å². The van der Waals surface area contributed by atoms with E-state index in [1.165, 1.54) is 12.1 Å². The Balaban J connectivity index is 1.87. The highest BCUT2D eigenvalue weighted by Gasteiger charge is 2.27. The number of aromatic nitrogens is 1. The lowest BCUT2D eigenvalue weighted by Gasteiger charge is -2.35. The van der Waals surface area contributed by atoms with Gasteiger partial charge in [-0.1, -0.05) is 30.3 Å². The van der Waals surface area contributed by atoms with Crippen LogP contribution in [0.5, 0.6) is 5.75 Å². The SMILES string of the molecule is Oc1c(C(c2cccc(F)c2)N2CCOCC2)ccc2cccnc12. The van der Waals surface area contributed by atoms with E-state index in [9.17, 15) is 9.50 Å². The van der Waals surface area contributed by atoms with Crippen LogP contribution in [0.2, 0.25) is 0 Å². The summed E-state index contributed by atoms with van der Waals surface area (Å²) >= 11 is 0. The molecule has 1 unspecified atom stereocenters. The summed E-state index contributed by atoms with van der Waals surface area (Å²) in [7, 11) is 0. The van der Waals surface area contributed by atoms with E-state index in [1.54, 1.807) is 12.3 Å². The fraction of sp³-hybridized carbons (Fsp3) is 0.250. The van der Waals surface area contributed by atoms with Gasteiger partial charge in [0.15, 0.2) is 0 Å². The van der Waals surface area contributed by atoms with Crippen LogP contribution in [0.1, 0.15) is 17.2 Å². The first-order chi connectivity index (χ1) is 12.2. The van der Waals surface area contributed by atoms with Gasteiger partial charge in [-0.3, -0.25) is 9.88 Å². The molecule has 5 heteroatoms. The molecule has 0 amide bonds. The first-order valence-corrected chi connectivity index (χ1v) is 8.38. The lowest BCUT2D eigenvalue weighted by Crippen LogP contribution is -2.39. The zero-order valence-electron chi connectivity index (χ0n) is 13.7. The summed E-state index contributed by atoms with van der Waals surface area (Å²) < 4.78 is 19.3. The molecule has 1 N–H and O–H groups in total. The van der Waals surface area contributed by atoms with Gasteiger partial charge in [-0.15, -0.1) is 0 Å². The van der Waals surface area contributed by atoms with Crippen molar-refractivity contribution in [3.8, 4) is 5.75 Å². The number of hydrogen-bond acceptors (Lipinski definition) is 4. The first kappa shape index (κ1) is 16.0. The molecule has 0 radical (unpaired) electrons. The monoisotopic (exact) mass is 338 g/mol. The second-order valence-electron chi connectivity index (χ2n) is 6.18. The minimum atomic E-state index is -0.283. The van der Waals surface area contributed by atoms with Gasteiger partial charge in [-0.05, 0) is 23.8 Å². The van der Waals surface area contributed by atoms with E-state index < -0.39 is 0 Å². The van der Waals surface area contributed by atoms with Gasteiger partial charge in [0.1, 0.15) is 17.1 Å². The van der Waals surface area contributed by atoms with Crippen molar-refractivity contribution in [2.24, 2.45) is 0 Å². The van der Waals surface area contributed by atoms with E-state index in [4.69, 9.17) is 4.74 Å². The number of phenolic OH excluding ortho intramolecular Hbond substituents is 1. The molecule has 1 atom stereocenters. The molecule has 0 aliphatic carbocycles. The maximum Gasteiger partial charge on any atom is 0.146 e. The van der Waals surface area contributed by atoms with Crippen LogP contribution in [0.4, 0.5) is 4.39 Å². The standard InChI is InChI=1S/C20H19FN2O2/c21-16-5-1-3-15(13-16)19(23-9-11-25-12-10-23)17-7-6-14-4-2-8-22-18(14)20(17)24/h1-8,13,19,24H,9-12H2. The Hall–Kier alpha value is -2.50. The number of nitrogens with zero attached hydrogens (tertiary/aromatic N) is 2. The van der Waals surface area contributed by atoms with Gasteiger partial charge in [0, 0.05) is 30.2 Å². The number of aromatic hydroxyl groups is 1. The van der Waals surface area contributed by atoms with Gasteiger partial charge < -0.3 is 9.84 Å². The molecule has 4 rings (SSSR count). The minimum Gasteiger partial charge on any atom is -0.505 e. The summed E-state index contributed by atoms with van der Waals surface area (Å²) in [6.07, 6.45) is 1.66. The molecular formula is C20H19FN2O2. The second-order valence-corrected chi connectivity index (χ2v) is 6.18. The van der Waals surface area contributed by atoms with E-state index in [0.717, 1.165) is 29.6 Å². The van der Waals surface area contributed by atoms with Crippen molar-refractivity contribution in [2.45, 2.75) is 6.04 Å². The van der Waals surface area contributed by atoms with Crippen molar-refractivity contribution in [1.82, 2.24) is 9.88 Å². The van der Waals surface area contributed by atoms with Crippen LogP contribution in [0.3, 0.4) is 0 Å². The molecule has 0 saturated carbocycles. The van der Waals surface area contributed by atoms with Crippen LogP contribution in [-0.2, 0) is 4.74 Å². The second kappa shape index (κ2) is 6.78. The molecule has 1 saturated heterocycles. The lowest BCUT2D eigenvalue weighted by atomic mass is 9.94. The number of hydrogen-bond donors (Lipinski definition) is 1. The number of pyridine rings is 1. The zero-order chi connectivity index (χ0) is 17.2. The topological polar surface area (TPSA) is 45.6 Å². The van der Waals surface area contributed by atoms with Gasteiger partial charge in [0.05, 0.1) is 19.3 Å². The Labute approximate surface area is 145 Å². The normalized spacial score (nSPS) is 16.8. The third-order valence-corrected chi connectivity index (χ3v) is 4.65. The Bertz CT molecular complexity index is 894. The number of morpholine rings is 1. The molecular weight excluding hydrogens is 319 g/mol. The van der Waals surface area contributed by atoms with E-state index in [2.05, 4.69) is 9.88 Å². The molecule has 2 aromatic carbocycles. The molecule has 25 heavy (non-hydrogen) atoms. The number of phenols is 1. The summed E-state index contributed by atoms with van der Waals surface area (Å²) in [5.74, 6) is -0.131. The molecule has 2 heterocycles. The van der Waals surface area contributed by atoms with Crippen LogP contribution < -0.4 is 0 Å². The van der Waals surface area contributed by atoms with E-state index in [1.807, 2.05) is 30.3 Å². The van der Waals surface area contributed by atoms with Crippen molar-refractivity contribution >= 4 is 10.9 Å². The van der Waals surface area contributed by atoms with Crippen molar-refractivity contribution in [1.29, 1.82) is 0 Å². The van der Waals surface area contributed by atoms with Crippen LogP contribution in [0.15, 0.2) is 54.7 Å². The highest BCUT2D eigenvalue weighted by molar-refractivity contribution is 5.85. The maximum absolute atomic E-state index is 13.8. The van der Waals surface area contributed by atoms with Crippen molar-refractivity contribution < 1.29 is 14.2 Å². The van der Waals surface area contributed by atoms with Crippen LogP contribution >= 0.6 is 0 Å². The van der Waals surface area contributed by atoms with E-state index in [-0.39, 0.29) is 17.6 Å². The largest absolute Gasteiger partial charge is 0.505 e. The highest BCUT2D eigenvalue weighted by Crippen LogP contribution is 2.38. The quantitative estimate of drug-likeness (QED) is 0.794. The number of fused-ring (bicyclic) bond motifs is 1. The number of halogens is 1. The van der Waals surface area contributed by atoms with Crippen molar-refractivity contribution in [2.75, 3.05) is 26.3 Å². The zero-order valence-corrected chi connectivity index (χ0v) is 13.7. The van der Waals surface area contributed by atoms with Gasteiger partial charge in [-0.25, -0.2) is 4.39 Å². The summed E-state index contributed by atoms with van der Waals surface area (Å²) in [5, 5.41) is 11.7. The van der Waals surface area contributed by atoms with Crippen LogP contribution in [0.25, 0.3) is 10.9 Å². The third-order valence-electron chi connectivity index (χ3n) is 4.65. The molecule has 4 nitrogen and oxygen atoms in total. The Morgan fingerprint density at radius 2 is 1.92 bits per heavy atom. The summed E-state index contributed by atoms with van der Waals surface area (Å²) in [6.45, 7) is 2.69. The number of ether oxygens (including phenoxy) is 1. The summed E-state index contributed by atoms with van der Waals surface area (Å²) in [5.41, 5.74) is 2.11. The first-order valence-electron chi connectivity index (χ1n) is 8.38. The van der Waals surface area contributed by atoms with Crippen LogP contribution in [-0.4, -0.2) is 41.3 Å². The Morgan fingerprint density at radius 1 is 1.08 bits per heavy atom. The fourth-order valence-corrected chi connectivity index (χ4v) is 3.47. The number of rotatable bonds is 3. The molecule has 0 bridgehead atoms. The molecule has 0 spiro atoms. The lowest BCUT2D eigenvalue weighted by molar-refractivity contribution is 0.0235. The average Bonchev–Trinajstić information content (AvgIpc) is 2.65. The van der Waals surface area contributed by atoms with Gasteiger partial charge in [-0.2, -0.15) is 0 Å². The smallest absolute Gasteiger partial charge is 0.146 e. The van der Waals surface area contributed by atoms with E-state index in [0.29, 0.717) is 18.7 Å². The average molecular weight is 338 g/mol. The predicted molar refractivity (Wildman–Crippen MR) is 94.0 cm³/mol. The van der Waals surface area contributed by atoms with Crippen molar-refractivity contribution in [3.05, 3.63) is 71.7 Å². The van der Waals surface area contributed by atoms with E-state index >= 15 is 0 Å². The molecule has 1 aliphatic rings. The fourth-order valence-electron chi connectivity index (χ4n) is 3.47. The minimum absolute atomic E-state index is 0.152. The van der Waals surface area contributed by atoms with Crippen molar-refractivity contribution in [3.63, 3.8) is 0 Å². The molecule has 1 aromatic heterocycles. The van der Waals surface area contributed by atoms with Gasteiger partial charge in [0.25, 0.3) is 0 Å². The summed E-state index contributed by atoms with van der Waals surface area (Å²) in [4.78, 5) is 6.52. The third kappa shape index (κ3) is 3.08. The summed E-state index contributed by atoms with van der Waals surface area (Å²) in [6, 6.07) is 13.9. The molecule has 128 valence electrons. The van der Waals surface area contributed by atoms with Crippen LogP contribution in [0, 0.1) is 5.82 Å². The molecule has 1 aliphatic heterocycles. The highest BCUT2D eigenvalue weighted by atomic mass is 19.1. The maximum atomic E-state index is 13.8. The number of benzene rings is 2. The predicted octanol–water partition coefficient (Wildman–Crippen LogP) is 3.50. The molecule has 1 fully saturated rings.